The van der Waals surface area contributed by atoms with Gasteiger partial charge in [0.05, 0.1) is 23.3 Å². The second-order valence-corrected chi connectivity index (χ2v) is 6.96. The maximum atomic E-state index is 12.8. The highest BCUT2D eigenvalue weighted by Gasteiger charge is 2.21. The molecule has 8 heteroatoms. The van der Waals surface area contributed by atoms with Crippen LogP contribution < -0.4 is 5.32 Å². The summed E-state index contributed by atoms with van der Waals surface area (Å²) in [7, 11) is 0. The molecule has 2 aromatic carbocycles. The minimum absolute atomic E-state index is 0.217. The summed E-state index contributed by atoms with van der Waals surface area (Å²) in [6.07, 6.45) is 2.31. The van der Waals surface area contributed by atoms with Crippen molar-refractivity contribution in [1.82, 2.24) is 25.7 Å². The van der Waals surface area contributed by atoms with E-state index < -0.39 is 0 Å². The number of hydrogen-bond acceptors (Lipinski definition) is 5. The third-order valence-electron chi connectivity index (χ3n) is 4.26. The summed E-state index contributed by atoms with van der Waals surface area (Å²) >= 11 is 3.43. The van der Waals surface area contributed by atoms with Crippen LogP contribution in [0.4, 0.5) is 0 Å². The average molecular weight is 426 g/mol. The van der Waals surface area contributed by atoms with Crippen LogP contribution in [-0.2, 0) is 0 Å². The van der Waals surface area contributed by atoms with Crippen molar-refractivity contribution in [3.05, 3.63) is 64.5 Å². The maximum Gasteiger partial charge on any atom is 0.258 e. The second kappa shape index (κ2) is 7.32. The zero-order valence-corrected chi connectivity index (χ0v) is 16.0. The summed E-state index contributed by atoms with van der Waals surface area (Å²) in [5.41, 5.74) is 2.04. The van der Waals surface area contributed by atoms with Gasteiger partial charge in [0, 0.05) is 15.4 Å². The zero-order chi connectivity index (χ0) is 18.8. The quantitative estimate of drug-likeness (QED) is 0.497. The molecule has 0 spiro atoms. The van der Waals surface area contributed by atoms with Gasteiger partial charge in [0.2, 0.25) is 0 Å². The number of rotatable bonds is 5. The van der Waals surface area contributed by atoms with Crippen LogP contribution in [0.2, 0.25) is 0 Å². The van der Waals surface area contributed by atoms with Crippen LogP contribution in [0.25, 0.3) is 22.4 Å². The fraction of sp³-hybridized carbons (Fsp3) is 0.158. The van der Waals surface area contributed by atoms with Gasteiger partial charge in [0.15, 0.2) is 5.82 Å². The number of fused-ring (bicyclic) bond motifs is 1. The van der Waals surface area contributed by atoms with Crippen LogP contribution in [0, 0.1) is 0 Å². The number of benzene rings is 2. The molecule has 4 aromatic rings. The monoisotopic (exact) mass is 425 g/mol. The maximum absolute atomic E-state index is 12.8. The van der Waals surface area contributed by atoms with E-state index in [1.54, 1.807) is 12.3 Å². The first-order chi connectivity index (χ1) is 13.2. The minimum Gasteiger partial charge on any atom is -0.342 e. The summed E-state index contributed by atoms with van der Waals surface area (Å²) in [6.45, 7) is 1.96. The van der Waals surface area contributed by atoms with E-state index >= 15 is 0 Å². The molecule has 0 aliphatic carbocycles. The highest BCUT2D eigenvalue weighted by molar-refractivity contribution is 9.10. The molecule has 136 valence electrons. The number of aromatic nitrogens is 4. The van der Waals surface area contributed by atoms with Gasteiger partial charge in [0.25, 0.3) is 11.8 Å². The summed E-state index contributed by atoms with van der Waals surface area (Å²) < 4.78 is 6.31. The number of hydrogen-bond donors (Lipinski definition) is 2. The van der Waals surface area contributed by atoms with Crippen molar-refractivity contribution in [3.8, 4) is 11.5 Å². The standard InChI is InChI=1S/C19H16BrN5O2/c1-2-15(17-23-19(27-25-17)11-5-3-7-13(20)9-11)22-18(26)14-8-4-6-12-10-21-24-16(12)14/h3-10,15H,2H2,1H3,(H,21,24)(H,22,26)/t15-/m0/s1. The van der Waals surface area contributed by atoms with Gasteiger partial charge in [-0.3, -0.25) is 9.89 Å². The number of H-pyrrole nitrogens is 1. The van der Waals surface area contributed by atoms with E-state index in [9.17, 15) is 4.79 Å². The van der Waals surface area contributed by atoms with Gasteiger partial charge in [-0.25, -0.2) is 0 Å². The molecule has 0 bridgehead atoms. The van der Waals surface area contributed by atoms with Gasteiger partial charge in [-0.2, -0.15) is 10.1 Å². The number of carbonyl (C=O) groups excluding carboxylic acids is 1. The molecule has 2 heterocycles. The third-order valence-corrected chi connectivity index (χ3v) is 4.75. The van der Waals surface area contributed by atoms with E-state index in [1.165, 1.54) is 0 Å². The molecule has 0 saturated carbocycles. The lowest BCUT2D eigenvalue weighted by molar-refractivity contribution is 0.0934. The molecule has 0 aliphatic rings. The van der Waals surface area contributed by atoms with E-state index in [1.807, 2.05) is 43.3 Å². The first-order valence-corrected chi connectivity index (χ1v) is 9.27. The second-order valence-electron chi connectivity index (χ2n) is 6.04. The molecule has 2 N–H and O–H groups in total. The first-order valence-electron chi connectivity index (χ1n) is 8.48. The van der Waals surface area contributed by atoms with Crippen molar-refractivity contribution in [3.63, 3.8) is 0 Å². The van der Waals surface area contributed by atoms with Gasteiger partial charge in [-0.15, -0.1) is 0 Å². The molecular formula is C19H16BrN5O2. The molecule has 4 rings (SSSR count). The summed E-state index contributed by atoms with van der Waals surface area (Å²) in [6, 6.07) is 12.7. The summed E-state index contributed by atoms with van der Waals surface area (Å²) in [5.74, 6) is 0.637. The Kier molecular flexibility index (Phi) is 4.72. The topological polar surface area (TPSA) is 96.7 Å². The molecule has 0 fully saturated rings. The SMILES string of the molecule is CC[C@H](NC(=O)c1cccc2cn[nH]c12)c1noc(-c2cccc(Br)c2)n1. The minimum atomic E-state index is -0.361. The van der Waals surface area contributed by atoms with Crippen LogP contribution in [0.15, 0.2) is 57.7 Å². The first kappa shape index (κ1) is 17.4. The van der Waals surface area contributed by atoms with Crippen molar-refractivity contribution < 1.29 is 9.32 Å². The predicted molar refractivity (Wildman–Crippen MR) is 104 cm³/mol. The molecule has 7 nitrogen and oxygen atoms in total. The Morgan fingerprint density at radius 1 is 1.30 bits per heavy atom. The predicted octanol–water partition coefficient (Wildman–Crippen LogP) is 4.26. The summed E-state index contributed by atoms with van der Waals surface area (Å²) in [4.78, 5) is 17.2. The normalized spacial score (nSPS) is 12.2. The lowest BCUT2D eigenvalue weighted by Gasteiger charge is -2.13. The molecule has 27 heavy (non-hydrogen) atoms. The van der Waals surface area contributed by atoms with Gasteiger partial charge in [-0.05, 0) is 30.7 Å². The lowest BCUT2D eigenvalue weighted by Crippen LogP contribution is -2.29. The molecule has 1 amide bonds. The van der Waals surface area contributed by atoms with E-state index in [0.717, 1.165) is 15.4 Å². The van der Waals surface area contributed by atoms with E-state index in [0.29, 0.717) is 29.2 Å². The van der Waals surface area contributed by atoms with Crippen molar-refractivity contribution in [2.45, 2.75) is 19.4 Å². The van der Waals surface area contributed by atoms with Gasteiger partial charge < -0.3 is 9.84 Å². The Balaban J connectivity index is 1.58. The van der Waals surface area contributed by atoms with Crippen LogP contribution >= 0.6 is 15.9 Å². The van der Waals surface area contributed by atoms with Crippen molar-refractivity contribution >= 4 is 32.7 Å². The average Bonchev–Trinajstić information content (AvgIpc) is 3.35. The number of amides is 1. The van der Waals surface area contributed by atoms with Gasteiger partial charge in [-0.1, -0.05) is 46.2 Å². The van der Waals surface area contributed by atoms with Gasteiger partial charge in [0.1, 0.15) is 0 Å². The van der Waals surface area contributed by atoms with E-state index in [-0.39, 0.29) is 11.9 Å². The number of halogens is 1. The van der Waals surface area contributed by atoms with E-state index in [4.69, 9.17) is 4.52 Å². The molecule has 1 atom stereocenters. The largest absolute Gasteiger partial charge is 0.342 e. The highest BCUT2D eigenvalue weighted by Crippen LogP contribution is 2.24. The number of aromatic amines is 1. The number of nitrogens with one attached hydrogen (secondary N) is 2. The fourth-order valence-corrected chi connectivity index (χ4v) is 3.26. The Hall–Kier alpha value is -3.00. The van der Waals surface area contributed by atoms with Crippen molar-refractivity contribution in [2.75, 3.05) is 0 Å². The van der Waals surface area contributed by atoms with E-state index in [2.05, 4.69) is 41.6 Å². The van der Waals surface area contributed by atoms with Crippen molar-refractivity contribution in [2.24, 2.45) is 0 Å². The molecule has 2 aromatic heterocycles. The Labute approximate surface area is 163 Å². The molecular weight excluding hydrogens is 410 g/mol. The van der Waals surface area contributed by atoms with Crippen LogP contribution in [0.1, 0.15) is 35.6 Å². The molecule has 0 saturated heterocycles. The smallest absolute Gasteiger partial charge is 0.258 e. The van der Waals surface area contributed by atoms with Crippen LogP contribution in [-0.4, -0.2) is 26.2 Å². The zero-order valence-electron chi connectivity index (χ0n) is 14.4. The molecule has 0 unspecified atom stereocenters. The molecule has 0 radical (unpaired) electrons. The Morgan fingerprint density at radius 2 is 2.15 bits per heavy atom. The number of carbonyl (C=O) groups is 1. The van der Waals surface area contributed by atoms with Crippen LogP contribution in [0.3, 0.4) is 0 Å². The Morgan fingerprint density at radius 3 is 2.96 bits per heavy atom. The third kappa shape index (κ3) is 3.48. The number of nitrogens with zero attached hydrogens (tertiary/aromatic N) is 3. The highest BCUT2D eigenvalue weighted by atomic mass is 79.9. The lowest BCUT2D eigenvalue weighted by atomic mass is 10.1. The van der Waals surface area contributed by atoms with Gasteiger partial charge >= 0.3 is 0 Å². The van der Waals surface area contributed by atoms with Crippen molar-refractivity contribution in [1.29, 1.82) is 0 Å². The fourth-order valence-electron chi connectivity index (χ4n) is 2.86. The summed E-state index contributed by atoms with van der Waals surface area (Å²) in [5, 5.41) is 14.8. The molecule has 0 aliphatic heterocycles. The Bertz CT molecular complexity index is 1100. The van der Waals surface area contributed by atoms with Crippen LogP contribution in [0.5, 0.6) is 0 Å². The number of para-hydroxylation sites is 1.